The Bertz CT molecular complexity index is 1170. The summed E-state index contributed by atoms with van der Waals surface area (Å²) in [6.07, 6.45) is 2.65. The van der Waals surface area contributed by atoms with Crippen LogP contribution < -0.4 is 10.2 Å². The molecule has 0 spiro atoms. The Labute approximate surface area is 161 Å². The number of nitrogens with zero attached hydrogens (tertiary/aromatic N) is 4. The van der Waals surface area contributed by atoms with Crippen molar-refractivity contribution in [3.8, 4) is 22.8 Å². The van der Waals surface area contributed by atoms with Crippen LogP contribution in [0.15, 0.2) is 65.3 Å². The lowest BCUT2D eigenvalue weighted by Crippen LogP contribution is -2.46. The third kappa shape index (κ3) is 2.96. The molecule has 0 unspecified atom stereocenters. The third-order valence-electron chi connectivity index (χ3n) is 4.76. The van der Waals surface area contributed by atoms with Crippen molar-refractivity contribution >= 4 is 22.6 Å². The number of benzene rings is 2. The number of carbonyl (C=O) groups is 1. The molecule has 3 heterocycles. The maximum absolute atomic E-state index is 12.1. The second kappa shape index (κ2) is 6.77. The number of aromatic nitrogens is 3. The van der Waals surface area contributed by atoms with Crippen LogP contribution in [0.3, 0.4) is 0 Å². The van der Waals surface area contributed by atoms with Crippen molar-refractivity contribution in [1.29, 1.82) is 0 Å². The number of hydrogen-bond donors (Lipinski definition) is 1. The fourth-order valence-electron chi connectivity index (χ4n) is 3.33. The van der Waals surface area contributed by atoms with Gasteiger partial charge in [-0.15, -0.1) is 0 Å². The van der Waals surface area contributed by atoms with E-state index >= 15 is 0 Å². The first kappa shape index (κ1) is 16.4. The summed E-state index contributed by atoms with van der Waals surface area (Å²) in [7, 11) is 0. The molecule has 2 amide bonds. The smallest absolute Gasteiger partial charge is 0.321 e. The molecule has 0 bridgehead atoms. The van der Waals surface area contributed by atoms with Gasteiger partial charge in [0.2, 0.25) is 5.82 Å². The zero-order valence-electron chi connectivity index (χ0n) is 15.0. The Morgan fingerprint density at radius 2 is 1.96 bits per heavy atom. The van der Waals surface area contributed by atoms with E-state index in [0.29, 0.717) is 24.8 Å². The molecule has 0 aliphatic carbocycles. The molecule has 1 fully saturated rings. The van der Waals surface area contributed by atoms with Crippen molar-refractivity contribution < 1.29 is 9.32 Å². The quantitative estimate of drug-likeness (QED) is 0.591. The number of amides is 2. The average molecular weight is 371 g/mol. The molecule has 7 heteroatoms. The number of carbonyl (C=O) groups excluding carboxylic acids is 1. The van der Waals surface area contributed by atoms with Crippen LogP contribution in [0.5, 0.6) is 0 Å². The van der Waals surface area contributed by atoms with Crippen LogP contribution >= 0.6 is 0 Å². The van der Waals surface area contributed by atoms with E-state index in [2.05, 4.69) is 20.4 Å². The fourth-order valence-corrected chi connectivity index (χ4v) is 3.33. The van der Waals surface area contributed by atoms with Crippen LogP contribution in [0.2, 0.25) is 0 Å². The largest absolute Gasteiger partial charge is 0.338 e. The number of urea groups is 1. The summed E-state index contributed by atoms with van der Waals surface area (Å²) in [6.45, 7) is 1.40. The molecule has 5 rings (SSSR count). The predicted octanol–water partition coefficient (Wildman–Crippen LogP) is 3.87. The molecular weight excluding hydrogens is 354 g/mol. The van der Waals surface area contributed by atoms with Crippen molar-refractivity contribution in [2.45, 2.75) is 6.42 Å². The summed E-state index contributed by atoms with van der Waals surface area (Å²) in [4.78, 5) is 22.8. The molecule has 1 aliphatic heterocycles. The minimum absolute atomic E-state index is 0.0862. The lowest BCUT2D eigenvalue weighted by atomic mass is 10.1. The van der Waals surface area contributed by atoms with E-state index in [0.717, 1.165) is 34.1 Å². The number of pyridine rings is 1. The van der Waals surface area contributed by atoms with Crippen molar-refractivity contribution in [2.75, 3.05) is 18.0 Å². The third-order valence-corrected chi connectivity index (χ3v) is 4.76. The lowest BCUT2D eigenvalue weighted by molar-refractivity contribution is 0.243. The molecule has 2 aromatic heterocycles. The number of anilines is 1. The van der Waals surface area contributed by atoms with Crippen molar-refractivity contribution in [3.05, 3.63) is 60.8 Å². The predicted molar refractivity (Wildman–Crippen MR) is 106 cm³/mol. The summed E-state index contributed by atoms with van der Waals surface area (Å²) in [5.74, 6) is 0.886. The van der Waals surface area contributed by atoms with Crippen LogP contribution in [-0.4, -0.2) is 34.2 Å². The van der Waals surface area contributed by atoms with Crippen LogP contribution in [0.4, 0.5) is 10.5 Å². The average Bonchev–Trinajstić information content (AvgIpc) is 3.24. The van der Waals surface area contributed by atoms with Gasteiger partial charge in [0.25, 0.3) is 5.89 Å². The van der Waals surface area contributed by atoms with E-state index in [4.69, 9.17) is 4.52 Å². The van der Waals surface area contributed by atoms with E-state index < -0.39 is 0 Å². The highest BCUT2D eigenvalue weighted by atomic mass is 16.5. The van der Waals surface area contributed by atoms with E-state index in [1.54, 1.807) is 11.1 Å². The van der Waals surface area contributed by atoms with E-state index in [1.807, 2.05) is 54.6 Å². The Morgan fingerprint density at radius 1 is 1.04 bits per heavy atom. The molecular formula is C21H17N5O2. The maximum atomic E-state index is 12.1. The molecule has 1 saturated heterocycles. The van der Waals surface area contributed by atoms with Crippen LogP contribution in [0.1, 0.15) is 6.42 Å². The van der Waals surface area contributed by atoms with Gasteiger partial charge in [-0.1, -0.05) is 29.4 Å². The van der Waals surface area contributed by atoms with Crippen molar-refractivity contribution in [2.24, 2.45) is 0 Å². The summed E-state index contributed by atoms with van der Waals surface area (Å²) in [5.41, 5.74) is 3.29. The highest BCUT2D eigenvalue weighted by Crippen LogP contribution is 2.27. The number of rotatable bonds is 3. The summed E-state index contributed by atoms with van der Waals surface area (Å²) >= 11 is 0. The SMILES string of the molecule is O=C1NCCCN1c1cccc(-c2nc(-c3cnc4ccccc4c3)no2)c1. The maximum Gasteiger partial charge on any atom is 0.321 e. The van der Waals surface area contributed by atoms with Gasteiger partial charge < -0.3 is 9.84 Å². The summed E-state index contributed by atoms with van der Waals surface area (Å²) in [5, 5.41) is 7.98. The van der Waals surface area contributed by atoms with E-state index in [-0.39, 0.29) is 6.03 Å². The number of nitrogens with one attached hydrogen (secondary N) is 1. The van der Waals surface area contributed by atoms with Gasteiger partial charge in [-0.25, -0.2) is 4.79 Å². The number of para-hydroxylation sites is 1. The molecule has 28 heavy (non-hydrogen) atoms. The molecule has 0 saturated carbocycles. The Kier molecular flexibility index (Phi) is 3.97. The van der Waals surface area contributed by atoms with Gasteiger partial charge in [0.15, 0.2) is 0 Å². The summed E-state index contributed by atoms with van der Waals surface area (Å²) in [6, 6.07) is 17.4. The molecule has 0 atom stereocenters. The van der Waals surface area contributed by atoms with E-state index in [1.165, 1.54) is 0 Å². The number of fused-ring (bicyclic) bond motifs is 1. The van der Waals surface area contributed by atoms with Gasteiger partial charge in [0.05, 0.1) is 5.52 Å². The zero-order chi connectivity index (χ0) is 18.9. The van der Waals surface area contributed by atoms with Gasteiger partial charge in [-0.2, -0.15) is 4.98 Å². The Balaban J connectivity index is 1.47. The van der Waals surface area contributed by atoms with Gasteiger partial charge in [0, 0.05) is 41.5 Å². The first-order valence-corrected chi connectivity index (χ1v) is 9.13. The molecule has 4 aromatic rings. The van der Waals surface area contributed by atoms with Gasteiger partial charge >= 0.3 is 6.03 Å². The molecule has 2 aromatic carbocycles. The highest BCUT2D eigenvalue weighted by molar-refractivity contribution is 5.93. The minimum Gasteiger partial charge on any atom is -0.338 e. The molecule has 138 valence electrons. The first-order chi connectivity index (χ1) is 13.8. The Morgan fingerprint density at radius 3 is 2.89 bits per heavy atom. The van der Waals surface area contributed by atoms with Crippen LogP contribution in [0, 0.1) is 0 Å². The summed E-state index contributed by atoms with van der Waals surface area (Å²) < 4.78 is 5.48. The molecule has 7 nitrogen and oxygen atoms in total. The van der Waals surface area contributed by atoms with Gasteiger partial charge in [-0.05, 0) is 36.8 Å². The van der Waals surface area contributed by atoms with Crippen LogP contribution in [-0.2, 0) is 0 Å². The van der Waals surface area contributed by atoms with E-state index in [9.17, 15) is 4.79 Å². The minimum atomic E-state index is -0.0862. The Hall–Kier alpha value is -3.74. The van der Waals surface area contributed by atoms with Crippen molar-refractivity contribution in [1.82, 2.24) is 20.4 Å². The molecule has 1 aliphatic rings. The standard InChI is InChI=1S/C21H17N5O2/c27-21-22-9-4-10-26(21)17-7-3-6-15(12-17)20-24-19(25-28-20)16-11-14-5-1-2-8-18(14)23-13-16/h1-3,5-8,11-13H,4,9-10H2,(H,22,27). The monoisotopic (exact) mass is 371 g/mol. The van der Waals surface area contributed by atoms with Crippen molar-refractivity contribution in [3.63, 3.8) is 0 Å². The number of hydrogen-bond acceptors (Lipinski definition) is 5. The zero-order valence-corrected chi connectivity index (χ0v) is 15.0. The molecule has 1 N–H and O–H groups in total. The lowest BCUT2D eigenvalue weighted by Gasteiger charge is -2.27. The van der Waals surface area contributed by atoms with Gasteiger partial charge in [0.1, 0.15) is 0 Å². The van der Waals surface area contributed by atoms with Gasteiger partial charge in [-0.3, -0.25) is 9.88 Å². The normalized spacial score (nSPS) is 14.3. The second-order valence-electron chi connectivity index (χ2n) is 6.63. The first-order valence-electron chi connectivity index (χ1n) is 9.13. The highest BCUT2D eigenvalue weighted by Gasteiger charge is 2.20. The molecule has 0 radical (unpaired) electrons. The topological polar surface area (TPSA) is 84.2 Å². The van der Waals surface area contributed by atoms with Crippen LogP contribution in [0.25, 0.3) is 33.7 Å². The second-order valence-corrected chi connectivity index (χ2v) is 6.63. The fraction of sp³-hybridized carbons (Fsp3) is 0.143.